The number of nitrogens with zero attached hydrogens (tertiary/aromatic N) is 3. The van der Waals surface area contributed by atoms with Crippen LogP contribution in [0.1, 0.15) is 67.9 Å². The number of carbonyl (C=O) groups is 1. The van der Waals surface area contributed by atoms with Gasteiger partial charge in [0.15, 0.2) is 0 Å². The largest absolute Gasteiger partial charge is 0.508 e. The molecule has 2 heterocycles. The fourth-order valence-corrected chi connectivity index (χ4v) is 9.06. The number of carbonyl (C=O) groups excluding carboxylic acids is 1. The summed E-state index contributed by atoms with van der Waals surface area (Å²) >= 11 is 0. The number of rotatable bonds is 5. The Morgan fingerprint density at radius 2 is 1.97 bits per heavy atom. The van der Waals surface area contributed by atoms with Gasteiger partial charge in [-0.15, -0.1) is 0 Å². The second-order valence-corrected chi connectivity index (χ2v) is 12.9. The van der Waals surface area contributed by atoms with Gasteiger partial charge >= 0.3 is 5.69 Å². The number of amides is 1. The lowest BCUT2D eigenvalue weighted by Gasteiger charge is -2.63. The van der Waals surface area contributed by atoms with Crippen LogP contribution in [0.25, 0.3) is 0 Å². The number of aromatic nitrogens is 2. The van der Waals surface area contributed by atoms with Gasteiger partial charge in [0.05, 0.1) is 0 Å². The molecule has 204 valence electrons. The molecule has 2 aromatic rings. The number of aryl methyl sites for hydroxylation is 1. The highest BCUT2D eigenvalue weighted by atomic mass is 16.3. The number of hydrogen-bond acceptors (Lipinski definition) is 5. The molecule has 3 aliphatic carbocycles. The first-order valence-corrected chi connectivity index (χ1v) is 14.1. The normalized spacial score (nSPS) is 32.9. The maximum absolute atomic E-state index is 13.5. The molecule has 38 heavy (non-hydrogen) atoms. The van der Waals surface area contributed by atoms with Crippen LogP contribution in [0.2, 0.25) is 0 Å². The summed E-state index contributed by atoms with van der Waals surface area (Å²) in [6.07, 6.45) is 7.05. The minimum Gasteiger partial charge on any atom is -0.508 e. The zero-order chi connectivity index (χ0) is 27.1. The Hall–Kier alpha value is -2.87. The Kier molecular flexibility index (Phi) is 5.73. The monoisotopic (exact) mass is 520 g/mol. The number of phenols is 1. The van der Waals surface area contributed by atoms with E-state index in [9.17, 15) is 19.5 Å². The van der Waals surface area contributed by atoms with Gasteiger partial charge in [-0.25, -0.2) is 4.79 Å². The first-order chi connectivity index (χ1) is 18.0. The van der Waals surface area contributed by atoms with Crippen molar-refractivity contribution >= 4 is 5.91 Å². The molecule has 8 nitrogen and oxygen atoms in total. The molecule has 1 aromatic carbocycles. The Balaban J connectivity index is 1.41. The van der Waals surface area contributed by atoms with Gasteiger partial charge in [-0.05, 0) is 92.0 Å². The Labute approximate surface area is 223 Å². The molecular formula is C30H40N4O4. The Morgan fingerprint density at radius 1 is 1.24 bits per heavy atom. The van der Waals surface area contributed by atoms with Gasteiger partial charge in [0.25, 0.3) is 11.5 Å². The second-order valence-electron chi connectivity index (χ2n) is 12.9. The SMILES string of the molecule is CC(NC(=O)c1cn(C)c(=O)n(C)c1=O)C1[C@@H](C)CC2(C)C3Cc4ccc(O)cc4C12CCN3CC1CC1. The van der Waals surface area contributed by atoms with E-state index in [1.807, 2.05) is 12.1 Å². The number of benzene rings is 1. The number of aromatic hydroxyl groups is 1. The third kappa shape index (κ3) is 3.48. The summed E-state index contributed by atoms with van der Waals surface area (Å²) in [6.45, 7) is 9.02. The zero-order valence-corrected chi connectivity index (χ0v) is 23.2. The van der Waals surface area contributed by atoms with Crippen LogP contribution in [-0.4, -0.2) is 50.2 Å². The fourth-order valence-electron chi connectivity index (χ4n) is 9.06. The molecule has 4 aliphatic rings. The van der Waals surface area contributed by atoms with E-state index < -0.39 is 17.2 Å². The molecule has 1 aromatic heterocycles. The van der Waals surface area contributed by atoms with Crippen molar-refractivity contribution < 1.29 is 9.90 Å². The van der Waals surface area contributed by atoms with Crippen LogP contribution in [0.4, 0.5) is 0 Å². The summed E-state index contributed by atoms with van der Waals surface area (Å²) in [5.41, 5.74) is 1.32. The van der Waals surface area contributed by atoms with E-state index in [0.29, 0.717) is 17.7 Å². The van der Waals surface area contributed by atoms with E-state index in [1.165, 1.54) is 48.3 Å². The van der Waals surface area contributed by atoms with Crippen LogP contribution in [0, 0.1) is 23.2 Å². The van der Waals surface area contributed by atoms with Crippen molar-refractivity contribution in [3.05, 3.63) is 61.9 Å². The molecule has 8 heteroatoms. The third-order valence-corrected chi connectivity index (χ3v) is 10.7. The Morgan fingerprint density at radius 3 is 2.68 bits per heavy atom. The molecule has 2 bridgehead atoms. The molecule has 3 fully saturated rings. The summed E-state index contributed by atoms with van der Waals surface area (Å²) in [6, 6.07) is 6.14. The third-order valence-electron chi connectivity index (χ3n) is 10.7. The van der Waals surface area contributed by atoms with Gasteiger partial charge in [-0.3, -0.25) is 19.1 Å². The van der Waals surface area contributed by atoms with Crippen LogP contribution >= 0.6 is 0 Å². The van der Waals surface area contributed by atoms with E-state index in [4.69, 9.17) is 0 Å². The average molecular weight is 521 g/mol. The van der Waals surface area contributed by atoms with Crippen LogP contribution < -0.4 is 16.6 Å². The topological polar surface area (TPSA) is 96.6 Å². The van der Waals surface area contributed by atoms with Crippen LogP contribution in [-0.2, 0) is 25.9 Å². The standard InChI is InChI=1S/C30H40N4O4/c1-17-14-29(3)24-12-20-8-9-21(35)13-23(20)30(29,10-11-34(24)15-19-6-7-19)25(17)18(2)31-26(36)22-16-32(4)28(38)33(5)27(22)37/h8-9,13,16-19,24-25,35H,6-7,10-12,14-15H2,1-5H3,(H,31,36)/t17-,18?,24?,25?,29?,30?/m0/s1. The summed E-state index contributed by atoms with van der Waals surface area (Å²) in [5, 5.41) is 13.8. The summed E-state index contributed by atoms with van der Waals surface area (Å²) < 4.78 is 2.25. The van der Waals surface area contributed by atoms with Gasteiger partial charge in [0.2, 0.25) is 0 Å². The van der Waals surface area contributed by atoms with Gasteiger partial charge < -0.3 is 15.0 Å². The van der Waals surface area contributed by atoms with Gasteiger partial charge in [0.1, 0.15) is 11.3 Å². The van der Waals surface area contributed by atoms with Crippen molar-refractivity contribution in [1.29, 1.82) is 0 Å². The summed E-state index contributed by atoms with van der Waals surface area (Å²) in [4.78, 5) is 41.2. The molecule has 2 N–H and O–H groups in total. The molecule has 2 saturated carbocycles. The first kappa shape index (κ1) is 25.4. The van der Waals surface area contributed by atoms with Crippen molar-refractivity contribution in [3.63, 3.8) is 0 Å². The lowest BCUT2D eigenvalue weighted by atomic mass is 9.48. The van der Waals surface area contributed by atoms with E-state index in [-0.39, 0.29) is 28.4 Å². The average Bonchev–Trinajstić information content (AvgIpc) is 3.63. The predicted octanol–water partition coefficient (Wildman–Crippen LogP) is 2.55. The maximum atomic E-state index is 13.5. The van der Waals surface area contributed by atoms with E-state index in [0.717, 1.165) is 36.3 Å². The molecule has 6 atom stereocenters. The van der Waals surface area contributed by atoms with Crippen molar-refractivity contribution in [1.82, 2.24) is 19.4 Å². The lowest BCUT2D eigenvalue weighted by molar-refractivity contribution is -0.0581. The molecule has 5 unspecified atom stereocenters. The first-order valence-electron chi connectivity index (χ1n) is 14.1. The van der Waals surface area contributed by atoms with Gasteiger partial charge in [-0.2, -0.15) is 0 Å². The Bertz CT molecular complexity index is 1420. The predicted molar refractivity (Wildman–Crippen MR) is 145 cm³/mol. The summed E-state index contributed by atoms with van der Waals surface area (Å²) in [5.74, 6) is 1.15. The second kappa shape index (κ2) is 8.57. The van der Waals surface area contributed by atoms with Gasteiger partial charge in [0, 0.05) is 44.3 Å². The van der Waals surface area contributed by atoms with E-state index >= 15 is 0 Å². The number of piperidine rings is 1. The number of nitrogens with one attached hydrogen (secondary N) is 1. The summed E-state index contributed by atoms with van der Waals surface area (Å²) in [7, 11) is 2.95. The number of phenolic OH excluding ortho intramolecular Hbond substituents is 1. The minimum atomic E-state index is -0.582. The molecule has 1 aliphatic heterocycles. The van der Waals surface area contributed by atoms with Crippen molar-refractivity contribution in [2.75, 3.05) is 13.1 Å². The van der Waals surface area contributed by atoms with E-state index in [1.54, 1.807) is 7.05 Å². The maximum Gasteiger partial charge on any atom is 0.330 e. The molecule has 0 radical (unpaired) electrons. The number of hydrogen-bond donors (Lipinski definition) is 2. The number of fused-ring (bicyclic) bond motifs is 1. The molecule has 6 rings (SSSR count). The minimum absolute atomic E-state index is 0.0107. The molecule has 1 amide bonds. The van der Waals surface area contributed by atoms with Crippen LogP contribution in [0.3, 0.4) is 0 Å². The zero-order valence-electron chi connectivity index (χ0n) is 23.2. The highest BCUT2D eigenvalue weighted by Crippen LogP contribution is 2.69. The van der Waals surface area contributed by atoms with Crippen molar-refractivity contribution in [3.8, 4) is 5.75 Å². The fraction of sp³-hybridized carbons (Fsp3) is 0.633. The highest BCUT2D eigenvalue weighted by Gasteiger charge is 2.69. The van der Waals surface area contributed by atoms with Crippen molar-refractivity contribution in [2.45, 2.75) is 70.4 Å². The van der Waals surface area contributed by atoms with Crippen molar-refractivity contribution in [2.24, 2.45) is 37.3 Å². The van der Waals surface area contributed by atoms with E-state index in [2.05, 4.69) is 37.1 Å². The quantitative estimate of drug-likeness (QED) is 0.632. The molecule has 0 spiro atoms. The van der Waals surface area contributed by atoms with Crippen LogP contribution in [0.15, 0.2) is 34.0 Å². The smallest absolute Gasteiger partial charge is 0.330 e. The molecular weight excluding hydrogens is 480 g/mol. The lowest BCUT2D eigenvalue weighted by Crippen LogP contribution is -2.67. The number of likely N-dealkylation sites (tertiary alicyclic amines) is 1. The van der Waals surface area contributed by atoms with Gasteiger partial charge in [-0.1, -0.05) is 19.9 Å². The molecule has 1 saturated heterocycles. The highest BCUT2D eigenvalue weighted by molar-refractivity contribution is 5.93. The van der Waals surface area contributed by atoms with Crippen LogP contribution in [0.5, 0.6) is 5.75 Å².